The molecule has 1 aliphatic rings. The summed E-state index contributed by atoms with van der Waals surface area (Å²) < 4.78 is 0. The van der Waals surface area contributed by atoms with E-state index in [4.69, 9.17) is 4.84 Å². The van der Waals surface area contributed by atoms with Crippen LogP contribution in [0.15, 0.2) is 53.9 Å². The molecule has 1 radical (unpaired) electrons. The molecule has 1 atom stereocenters. The van der Waals surface area contributed by atoms with Gasteiger partial charge in [-0.25, -0.2) is 0 Å². The summed E-state index contributed by atoms with van der Waals surface area (Å²) in [5.74, 6) is 0. The van der Waals surface area contributed by atoms with Crippen LogP contribution in [0.2, 0.25) is 0 Å². The van der Waals surface area contributed by atoms with Crippen LogP contribution in [-0.2, 0) is 9.63 Å². The van der Waals surface area contributed by atoms with Crippen LogP contribution in [0.1, 0.15) is 29.2 Å². The molecular formula is C15H11N2O2. The first kappa shape index (κ1) is 11.6. The number of rotatable bonds is 3. The molecule has 0 saturated heterocycles. The summed E-state index contributed by atoms with van der Waals surface area (Å²) in [4.78, 5) is 19.9. The summed E-state index contributed by atoms with van der Waals surface area (Å²) >= 11 is 0. The molecule has 4 nitrogen and oxygen atoms in total. The molecule has 1 aromatic heterocycles. The second-order valence-corrected chi connectivity index (χ2v) is 4.30. The third kappa shape index (κ3) is 2.38. The number of oxime groups is 1. The molecule has 0 saturated carbocycles. The van der Waals surface area contributed by atoms with Gasteiger partial charge in [-0.3, -0.25) is 9.78 Å². The summed E-state index contributed by atoms with van der Waals surface area (Å²) in [5.41, 5.74) is 3.45. The van der Waals surface area contributed by atoms with Crippen LogP contribution < -0.4 is 0 Å². The van der Waals surface area contributed by atoms with E-state index in [0.717, 1.165) is 16.8 Å². The molecule has 1 aliphatic heterocycles. The molecule has 4 heteroatoms. The summed E-state index contributed by atoms with van der Waals surface area (Å²) in [5, 5.41) is 4.12. The van der Waals surface area contributed by atoms with E-state index in [-0.39, 0.29) is 6.10 Å². The zero-order valence-corrected chi connectivity index (χ0v) is 10.1. The number of pyridine rings is 1. The maximum absolute atomic E-state index is 10.5. The zero-order chi connectivity index (χ0) is 13.1. The average molecular weight is 251 g/mol. The van der Waals surface area contributed by atoms with Crippen LogP contribution in [0.25, 0.3) is 0 Å². The summed E-state index contributed by atoms with van der Waals surface area (Å²) in [6.45, 7) is 0. The van der Waals surface area contributed by atoms with Crippen molar-refractivity contribution in [3.8, 4) is 0 Å². The number of aromatic nitrogens is 1. The first-order valence-electron chi connectivity index (χ1n) is 5.98. The molecule has 1 aromatic carbocycles. The third-order valence-electron chi connectivity index (χ3n) is 3.08. The van der Waals surface area contributed by atoms with Crippen LogP contribution in [0.5, 0.6) is 0 Å². The molecule has 0 N–H and O–H groups in total. The summed E-state index contributed by atoms with van der Waals surface area (Å²) in [6, 6.07) is 11.0. The number of hydrogen-bond acceptors (Lipinski definition) is 4. The van der Waals surface area contributed by atoms with Crippen LogP contribution in [0.4, 0.5) is 0 Å². The maximum Gasteiger partial charge on any atom is 0.233 e. The minimum Gasteiger partial charge on any atom is -0.387 e. The normalized spacial score (nSPS) is 17.7. The van der Waals surface area contributed by atoms with Crippen molar-refractivity contribution in [2.75, 3.05) is 0 Å². The number of hydrogen-bond donors (Lipinski definition) is 0. The Morgan fingerprint density at radius 1 is 1.11 bits per heavy atom. The topological polar surface area (TPSA) is 51.5 Å². The van der Waals surface area contributed by atoms with E-state index in [1.807, 2.05) is 30.6 Å². The van der Waals surface area contributed by atoms with Gasteiger partial charge in [-0.2, -0.15) is 0 Å². The van der Waals surface area contributed by atoms with Crippen molar-refractivity contribution in [3.05, 3.63) is 65.5 Å². The lowest BCUT2D eigenvalue weighted by atomic mass is 10.0. The minimum absolute atomic E-state index is 0.0599. The minimum atomic E-state index is -0.0599. The highest BCUT2D eigenvalue weighted by Gasteiger charge is 2.23. The van der Waals surface area contributed by atoms with E-state index >= 15 is 0 Å². The molecule has 2 heterocycles. The van der Waals surface area contributed by atoms with Crippen LogP contribution >= 0.6 is 0 Å². The van der Waals surface area contributed by atoms with E-state index in [0.29, 0.717) is 12.0 Å². The second kappa shape index (κ2) is 5.02. The monoisotopic (exact) mass is 251 g/mol. The fourth-order valence-corrected chi connectivity index (χ4v) is 2.04. The Balaban J connectivity index is 1.76. The van der Waals surface area contributed by atoms with Crippen molar-refractivity contribution in [2.45, 2.75) is 12.5 Å². The van der Waals surface area contributed by atoms with Gasteiger partial charge in [0.05, 0.1) is 5.71 Å². The highest BCUT2D eigenvalue weighted by Crippen LogP contribution is 2.28. The van der Waals surface area contributed by atoms with Crippen LogP contribution in [-0.4, -0.2) is 17.0 Å². The van der Waals surface area contributed by atoms with Gasteiger partial charge >= 0.3 is 0 Å². The quantitative estimate of drug-likeness (QED) is 0.841. The Morgan fingerprint density at radius 3 is 2.53 bits per heavy atom. The van der Waals surface area contributed by atoms with Crippen LogP contribution in [0.3, 0.4) is 0 Å². The fourth-order valence-electron chi connectivity index (χ4n) is 2.04. The first-order valence-corrected chi connectivity index (χ1v) is 5.98. The number of nitrogens with zero attached hydrogens (tertiary/aromatic N) is 2. The Kier molecular flexibility index (Phi) is 3.06. The smallest absolute Gasteiger partial charge is 0.233 e. The van der Waals surface area contributed by atoms with E-state index in [1.54, 1.807) is 24.5 Å². The van der Waals surface area contributed by atoms with E-state index in [2.05, 4.69) is 10.1 Å². The van der Waals surface area contributed by atoms with Gasteiger partial charge in [-0.1, -0.05) is 29.4 Å². The van der Waals surface area contributed by atoms with Crippen molar-refractivity contribution >= 4 is 12.0 Å². The van der Waals surface area contributed by atoms with Gasteiger partial charge in [-0.15, -0.1) is 0 Å². The van der Waals surface area contributed by atoms with Gasteiger partial charge in [-0.05, 0) is 23.3 Å². The van der Waals surface area contributed by atoms with Gasteiger partial charge in [0.2, 0.25) is 6.29 Å². The van der Waals surface area contributed by atoms with Crippen molar-refractivity contribution in [1.29, 1.82) is 0 Å². The highest BCUT2D eigenvalue weighted by molar-refractivity contribution is 6.01. The molecular weight excluding hydrogens is 240 g/mol. The average Bonchev–Trinajstić information content (AvgIpc) is 2.98. The lowest BCUT2D eigenvalue weighted by molar-refractivity contribution is 0.0857. The van der Waals surface area contributed by atoms with Gasteiger partial charge < -0.3 is 4.84 Å². The van der Waals surface area contributed by atoms with Crippen LogP contribution in [0, 0.1) is 0 Å². The SMILES string of the molecule is O=[C]c1ccc(C2=NOC(c3ccncc3)C2)cc1. The molecule has 0 amide bonds. The predicted molar refractivity (Wildman–Crippen MR) is 70.5 cm³/mol. The van der Waals surface area contributed by atoms with Crippen molar-refractivity contribution < 1.29 is 9.63 Å². The largest absolute Gasteiger partial charge is 0.387 e. The van der Waals surface area contributed by atoms with Crippen molar-refractivity contribution in [2.24, 2.45) is 5.16 Å². The standard InChI is InChI=1S/C15H11N2O2/c18-10-11-1-3-12(4-2-11)14-9-15(19-17-14)13-5-7-16-8-6-13/h1-8,15H,9H2. The van der Waals surface area contributed by atoms with Crippen molar-refractivity contribution in [1.82, 2.24) is 4.98 Å². The lowest BCUT2D eigenvalue weighted by Gasteiger charge is -2.07. The summed E-state index contributed by atoms with van der Waals surface area (Å²) in [7, 11) is 0. The van der Waals surface area contributed by atoms with Gasteiger partial charge in [0, 0.05) is 24.4 Å². The molecule has 0 spiro atoms. The molecule has 93 valence electrons. The summed E-state index contributed by atoms with van der Waals surface area (Å²) in [6.07, 6.45) is 5.99. The Morgan fingerprint density at radius 2 is 1.84 bits per heavy atom. The number of carbonyl (C=O) groups excluding carboxylic acids is 1. The van der Waals surface area contributed by atoms with Gasteiger partial charge in [0.1, 0.15) is 0 Å². The molecule has 2 aromatic rings. The molecule has 3 rings (SSSR count). The molecule has 19 heavy (non-hydrogen) atoms. The Bertz CT molecular complexity index is 606. The first-order chi connectivity index (χ1) is 9.36. The maximum atomic E-state index is 10.5. The molecule has 0 fully saturated rings. The molecule has 0 bridgehead atoms. The van der Waals surface area contributed by atoms with E-state index in [9.17, 15) is 4.79 Å². The highest BCUT2D eigenvalue weighted by atomic mass is 16.6. The van der Waals surface area contributed by atoms with Gasteiger partial charge in [0.15, 0.2) is 6.10 Å². The predicted octanol–water partition coefficient (Wildman–Crippen LogP) is 2.41. The van der Waals surface area contributed by atoms with E-state index < -0.39 is 0 Å². The van der Waals surface area contributed by atoms with Gasteiger partial charge in [0.25, 0.3) is 0 Å². The molecule has 0 aliphatic carbocycles. The molecule has 1 unspecified atom stereocenters. The zero-order valence-electron chi connectivity index (χ0n) is 10.1. The second-order valence-electron chi connectivity index (χ2n) is 4.30. The third-order valence-corrected chi connectivity index (χ3v) is 3.08. The van der Waals surface area contributed by atoms with E-state index in [1.165, 1.54) is 0 Å². The van der Waals surface area contributed by atoms with Crippen molar-refractivity contribution in [3.63, 3.8) is 0 Å². The lowest BCUT2D eigenvalue weighted by Crippen LogP contribution is -2.01. The Labute approximate surface area is 110 Å². The fraction of sp³-hybridized carbons (Fsp3) is 0.133. The number of benzene rings is 1. The Hall–Kier alpha value is -2.49.